The van der Waals surface area contributed by atoms with Crippen LogP contribution in [0.3, 0.4) is 0 Å². The number of carboxylic acids is 1. The average molecular weight is 243 g/mol. The Morgan fingerprint density at radius 2 is 2.00 bits per heavy atom. The van der Waals surface area contributed by atoms with Gasteiger partial charge in [-0.15, -0.1) is 0 Å². The Morgan fingerprint density at radius 3 is 2.09 bits per heavy atom. The van der Waals surface area contributed by atoms with Gasteiger partial charge < -0.3 is 22.1 Å². The summed E-state index contributed by atoms with van der Waals surface area (Å²) in [5, 5.41) is 8.56. The molecule has 11 heavy (non-hydrogen) atoms. The van der Waals surface area contributed by atoms with E-state index in [0.717, 1.165) is 12.8 Å². The maximum Gasteiger partial charge on any atom is 0.356 e. The van der Waals surface area contributed by atoms with Gasteiger partial charge in [0.1, 0.15) is 0 Å². The third-order valence-electron chi connectivity index (χ3n) is 1.40. The van der Waals surface area contributed by atoms with Crippen LogP contribution in [0.1, 0.15) is 19.8 Å². The molecule has 0 aliphatic carbocycles. The van der Waals surface area contributed by atoms with Crippen molar-refractivity contribution in [2.45, 2.75) is 25.0 Å². The molecule has 68 valence electrons. The lowest BCUT2D eigenvalue weighted by Gasteiger charge is -2.06. The number of hydrogen-bond acceptors (Lipinski definition) is 1. The van der Waals surface area contributed by atoms with Gasteiger partial charge in [0.15, 0.2) is 0 Å². The molecule has 0 aliphatic rings. The summed E-state index contributed by atoms with van der Waals surface area (Å²) >= 11 is 0. The summed E-state index contributed by atoms with van der Waals surface area (Å²) in [6.45, 7) is 2.02. The van der Waals surface area contributed by atoms with Crippen molar-refractivity contribution in [1.82, 2.24) is 0 Å². The van der Waals surface area contributed by atoms with Crippen LogP contribution in [-0.2, 0) is 15.7 Å². The van der Waals surface area contributed by atoms with Crippen LogP contribution in [-0.4, -0.2) is 28.8 Å². The Kier molecular flexibility index (Phi) is 8.79. The van der Waals surface area contributed by atoms with Gasteiger partial charge in [0.2, 0.25) is 5.25 Å². The molecule has 0 spiro atoms. The summed E-state index contributed by atoms with van der Waals surface area (Å²) in [6.07, 6.45) is 5.73. The topological polar surface area (TPSA) is 37.3 Å². The normalized spacial score (nSPS) is 12.4. The Bertz CT molecular complexity index is 117. The number of carboxylic acid groups (broad SMARTS) is 1. The maximum absolute atomic E-state index is 10.5. The van der Waals surface area contributed by atoms with Gasteiger partial charge in [0.05, 0.1) is 12.5 Å². The molecule has 0 saturated heterocycles. The van der Waals surface area contributed by atoms with Gasteiger partial charge >= 0.3 is 5.97 Å². The molecule has 0 heterocycles. The minimum Gasteiger partial charge on any atom is -1.00 e. The SMILES string of the molecule is CCCC(C(=O)O)[S+](C)C.[Br-]. The van der Waals surface area contributed by atoms with Crippen LogP contribution >= 0.6 is 0 Å². The molecular formula is C7H15BrO2S. The predicted octanol–water partition coefficient (Wildman–Crippen LogP) is -1.88. The van der Waals surface area contributed by atoms with E-state index in [1.165, 1.54) is 0 Å². The van der Waals surface area contributed by atoms with Crippen molar-refractivity contribution in [3.05, 3.63) is 0 Å². The summed E-state index contributed by atoms with van der Waals surface area (Å²) < 4.78 is 0. The van der Waals surface area contributed by atoms with Crippen LogP contribution in [0.4, 0.5) is 0 Å². The van der Waals surface area contributed by atoms with Crippen LogP contribution in [0.2, 0.25) is 0 Å². The van der Waals surface area contributed by atoms with Gasteiger partial charge in [-0.2, -0.15) is 0 Å². The Hall–Kier alpha value is 0.300. The molecule has 4 heteroatoms. The molecule has 0 amide bonds. The summed E-state index contributed by atoms with van der Waals surface area (Å²) in [6, 6.07) is 0. The van der Waals surface area contributed by atoms with Crippen molar-refractivity contribution in [3.63, 3.8) is 0 Å². The number of carbonyl (C=O) groups is 1. The molecule has 2 nitrogen and oxygen atoms in total. The Balaban J connectivity index is 0. The summed E-state index contributed by atoms with van der Waals surface area (Å²) in [5.74, 6) is -0.643. The van der Waals surface area contributed by atoms with Gasteiger partial charge in [0, 0.05) is 6.42 Å². The highest BCUT2D eigenvalue weighted by Crippen LogP contribution is 2.07. The molecule has 0 radical (unpaired) electrons. The van der Waals surface area contributed by atoms with Crippen molar-refractivity contribution in [1.29, 1.82) is 0 Å². The third kappa shape index (κ3) is 5.56. The van der Waals surface area contributed by atoms with E-state index in [-0.39, 0.29) is 33.1 Å². The molecule has 0 bridgehead atoms. The van der Waals surface area contributed by atoms with E-state index < -0.39 is 5.97 Å². The van der Waals surface area contributed by atoms with E-state index in [2.05, 4.69) is 0 Å². The molecule has 0 rings (SSSR count). The molecule has 1 unspecified atom stereocenters. The van der Waals surface area contributed by atoms with E-state index in [0.29, 0.717) is 0 Å². The molecule has 0 fully saturated rings. The highest BCUT2D eigenvalue weighted by atomic mass is 79.9. The second-order valence-corrected chi connectivity index (χ2v) is 4.82. The largest absolute Gasteiger partial charge is 1.00 e. The minimum absolute atomic E-state index is 0. The number of aliphatic carboxylic acids is 1. The van der Waals surface area contributed by atoms with Crippen LogP contribution in [0.25, 0.3) is 0 Å². The second kappa shape index (κ2) is 6.98. The van der Waals surface area contributed by atoms with E-state index in [4.69, 9.17) is 5.11 Å². The molecule has 1 N–H and O–H groups in total. The lowest BCUT2D eigenvalue weighted by Crippen LogP contribution is -3.00. The first-order valence-corrected chi connectivity index (χ1v) is 5.49. The van der Waals surface area contributed by atoms with Crippen LogP contribution in [0.15, 0.2) is 0 Å². The fraction of sp³-hybridized carbons (Fsp3) is 0.857. The molecular weight excluding hydrogens is 228 g/mol. The van der Waals surface area contributed by atoms with Gasteiger partial charge in [-0.05, 0) is 10.9 Å². The number of halogens is 1. The van der Waals surface area contributed by atoms with E-state index in [9.17, 15) is 4.79 Å². The predicted molar refractivity (Wildman–Crippen MR) is 45.5 cm³/mol. The zero-order chi connectivity index (χ0) is 8.15. The van der Waals surface area contributed by atoms with Crippen molar-refractivity contribution in [3.8, 4) is 0 Å². The number of rotatable bonds is 4. The standard InChI is InChI=1S/C7H14O2S.BrH/c1-4-5-6(7(8)9)10(2)3;/h6H,4-5H2,1-3H3;1H. The maximum atomic E-state index is 10.5. The van der Waals surface area contributed by atoms with Crippen LogP contribution in [0, 0.1) is 0 Å². The fourth-order valence-corrected chi connectivity index (χ4v) is 1.93. The monoisotopic (exact) mass is 242 g/mol. The lowest BCUT2D eigenvalue weighted by atomic mass is 10.2. The summed E-state index contributed by atoms with van der Waals surface area (Å²) in [5.41, 5.74) is 0. The molecule has 0 aliphatic heterocycles. The van der Waals surface area contributed by atoms with Crippen LogP contribution in [0.5, 0.6) is 0 Å². The smallest absolute Gasteiger partial charge is 0.356 e. The highest BCUT2D eigenvalue weighted by Gasteiger charge is 2.27. The molecule has 0 aromatic rings. The number of hydrogen-bond donors (Lipinski definition) is 1. The first kappa shape index (κ1) is 13.9. The van der Waals surface area contributed by atoms with Crippen molar-refractivity contribution in [2.75, 3.05) is 12.5 Å². The van der Waals surface area contributed by atoms with Crippen molar-refractivity contribution >= 4 is 16.9 Å². The van der Waals surface area contributed by atoms with Gasteiger partial charge in [-0.3, -0.25) is 0 Å². The quantitative estimate of drug-likeness (QED) is 0.587. The first-order valence-electron chi connectivity index (χ1n) is 3.38. The average Bonchev–Trinajstić information content (AvgIpc) is 1.81. The molecule has 0 saturated carbocycles. The Labute approximate surface area is 81.5 Å². The van der Waals surface area contributed by atoms with Crippen molar-refractivity contribution < 1.29 is 26.9 Å². The minimum atomic E-state index is -0.643. The van der Waals surface area contributed by atoms with E-state index in [1.54, 1.807) is 0 Å². The second-order valence-electron chi connectivity index (χ2n) is 2.50. The third-order valence-corrected chi connectivity index (χ3v) is 2.97. The highest BCUT2D eigenvalue weighted by molar-refractivity contribution is 7.96. The van der Waals surface area contributed by atoms with E-state index in [1.807, 2.05) is 19.4 Å². The summed E-state index contributed by atoms with van der Waals surface area (Å²) in [4.78, 5) is 10.5. The van der Waals surface area contributed by atoms with Crippen LogP contribution < -0.4 is 17.0 Å². The van der Waals surface area contributed by atoms with Gasteiger partial charge in [-0.1, -0.05) is 13.3 Å². The lowest BCUT2D eigenvalue weighted by molar-refractivity contribution is -0.136. The van der Waals surface area contributed by atoms with Crippen molar-refractivity contribution in [2.24, 2.45) is 0 Å². The Morgan fingerprint density at radius 1 is 1.55 bits per heavy atom. The first-order chi connectivity index (χ1) is 4.59. The zero-order valence-electron chi connectivity index (χ0n) is 7.13. The summed E-state index contributed by atoms with van der Waals surface area (Å²) in [7, 11) is 0.0171. The molecule has 1 atom stereocenters. The molecule has 0 aromatic heterocycles. The van der Waals surface area contributed by atoms with Gasteiger partial charge in [-0.25, -0.2) is 4.79 Å². The van der Waals surface area contributed by atoms with E-state index >= 15 is 0 Å². The fourth-order valence-electron chi connectivity index (χ4n) is 0.823. The zero-order valence-corrected chi connectivity index (χ0v) is 9.54. The molecule has 0 aromatic carbocycles. The van der Waals surface area contributed by atoms with Gasteiger partial charge in [0.25, 0.3) is 0 Å².